The summed E-state index contributed by atoms with van der Waals surface area (Å²) in [6, 6.07) is 8.00. The number of hydrogen-bond acceptors (Lipinski definition) is 1. The lowest BCUT2D eigenvalue weighted by Crippen LogP contribution is -2.15. The summed E-state index contributed by atoms with van der Waals surface area (Å²) in [5.41, 5.74) is 7.71. The van der Waals surface area contributed by atoms with Gasteiger partial charge in [-0.15, -0.1) is 0 Å². The first-order valence-electron chi connectivity index (χ1n) is 5.06. The van der Waals surface area contributed by atoms with Gasteiger partial charge in [-0.1, -0.05) is 29.8 Å². The van der Waals surface area contributed by atoms with Crippen molar-refractivity contribution in [3.8, 4) is 0 Å². The smallest absolute Gasteiger partial charge is 0.104 e. The van der Waals surface area contributed by atoms with Gasteiger partial charge in [0, 0.05) is 5.92 Å². The van der Waals surface area contributed by atoms with E-state index in [-0.39, 0.29) is 5.92 Å². The van der Waals surface area contributed by atoms with Crippen LogP contribution in [0.5, 0.6) is 0 Å². The third-order valence-electron chi connectivity index (χ3n) is 2.50. The van der Waals surface area contributed by atoms with E-state index in [1.165, 1.54) is 5.56 Å². The Morgan fingerprint density at radius 3 is 2.64 bits per heavy atom. The predicted molar refractivity (Wildman–Crippen MR) is 58.2 cm³/mol. The number of alkyl halides is 1. The first-order valence-corrected chi connectivity index (χ1v) is 5.06. The van der Waals surface area contributed by atoms with Crippen LogP contribution in [0.2, 0.25) is 0 Å². The lowest BCUT2D eigenvalue weighted by Gasteiger charge is -2.18. The van der Waals surface area contributed by atoms with Crippen LogP contribution in [0.1, 0.15) is 30.4 Å². The summed E-state index contributed by atoms with van der Waals surface area (Å²) in [6.07, 6.45) is -0.124. The standard InChI is InChI=1S/C12H18FN/c1-9-4-3-5-11(8-9)12(6-7-14)10(2)13/h3-5,8,10,12H,6-7,14H2,1-2H3. The molecule has 1 rings (SSSR count). The van der Waals surface area contributed by atoms with Crippen molar-refractivity contribution in [2.24, 2.45) is 5.73 Å². The molecule has 1 nitrogen and oxygen atoms in total. The third-order valence-corrected chi connectivity index (χ3v) is 2.50. The van der Waals surface area contributed by atoms with Crippen LogP contribution in [0, 0.1) is 6.92 Å². The van der Waals surface area contributed by atoms with Crippen molar-refractivity contribution in [3.05, 3.63) is 35.4 Å². The topological polar surface area (TPSA) is 26.0 Å². The van der Waals surface area contributed by atoms with Crippen LogP contribution >= 0.6 is 0 Å². The molecule has 0 aliphatic rings. The maximum absolute atomic E-state index is 13.3. The van der Waals surface area contributed by atoms with Gasteiger partial charge in [0.25, 0.3) is 0 Å². The number of aryl methyl sites for hydroxylation is 1. The maximum atomic E-state index is 13.3. The molecule has 0 aromatic heterocycles. The summed E-state index contributed by atoms with van der Waals surface area (Å²) in [7, 11) is 0. The number of nitrogens with two attached hydrogens (primary N) is 1. The molecule has 0 bridgehead atoms. The predicted octanol–water partition coefficient (Wildman–Crippen LogP) is 2.79. The van der Waals surface area contributed by atoms with E-state index in [9.17, 15) is 4.39 Å². The van der Waals surface area contributed by atoms with Crippen LogP contribution in [-0.2, 0) is 0 Å². The number of halogens is 1. The summed E-state index contributed by atoms with van der Waals surface area (Å²) in [5, 5.41) is 0. The third kappa shape index (κ3) is 2.81. The number of hydrogen-bond donors (Lipinski definition) is 1. The van der Waals surface area contributed by atoms with Crippen molar-refractivity contribution in [1.82, 2.24) is 0 Å². The molecule has 2 atom stereocenters. The van der Waals surface area contributed by atoms with Gasteiger partial charge < -0.3 is 5.73 Å². The van der Waals surface area contributed by atoms with Crippen LogP contribution in [0.25, 0.3) is 0 Å². The largest absolute Gasteiger partial charge is 0.330 e. The zero-order chi connectivity index (χ0) is 10.6. The minimum atomic E-state index is -0.833. The fourth-order valence-corrected chi connectivity index (χ4v) is 1.74. The van der Waals surface area contributed by atoms with Gasteiger partial charge in [0.05, 0.1) is 0 Å². The molecule has 0 saturated heterocycles. The molecule has 14 heavy (non-hydrogen) atoms. The first-order chi connectivity index (χ1) is 6.65. The Hall–Kier alpha value is -0.890. The molecule has 0 fully saturated rings. The Balaban J connectivity index is 2.87. The molecule has 0 amide bonds. The van der Waals surface area contributed by atoms with Crippen LogP contribution in [-0.4, -0.2) is 12.7 Å². The number of benzene rings is 1. The van der Waals surface area contributed by atoms with E-state index >= 15 is 0 Å². The normalized spacial score (nSPS) is 15.1. The van der Waals surface area contributed by atoms with E-state index in [2.05, 4.69) is 0 Å². The Labute approximate surface area is 85.1 Å². The van der Waals surface area contributed by atoms with Gasteiger partial charge in [0.2, 0.25) is 0 Å². The zero-order valence-corrected chi connectivity index (χ0v) is 8.83. The second kappa shape index (κ2) is 5.11. The quantitative estimate of drug-likeness (QED) is 0.785. The molecule has 2 N–H and O–H groups in total. The minimum absolute atomic E-state index is 0.0556. The highest BCUT2D eigenvalue weighted by Crippen LogP contribution is 2.25. The molecule has 2 unspecified atom stereocenters. The highest BCUT2D eigenvalue weighted by atomic mass is 19.1. The van der Waals surface area contributed by atoms with Crippen molar-refractivity contribution >= 4 is 0 Å². The molecule has 0 radical (unpaired) electrons. The first kappa shape index (κ1) is 11.2. The number of rotatable bonds is 4. The Morgan fingerprint density at radius 1 is 1.43 bits per heavy atom. The van der Waals surface area contributed by atoms with Crippen molar-refractivity contribution < 1.29 is 4.39 Å². The lowest BCUT2D eigenvalue weighted by molar-refractivity contribution is 0.297. The molecule has 2 heteroatoms. The van der Waals surface area contributed by atoms with Crippen molar-refractivity contribution in [3.63, 3.8) is 0 Å². The fourth-order valence-electron chi connectivity index (χ4n) is 1.74. The van der Waals surface area contributed by atoms with Gasteiger partial charge in [-0.3, -0.25) is 0 Å². The SMILES string of the molecule is Cc1cccc(C(CCN)C(C)F)c1. The molecule has 0 saturated carbocycles. The van der Waals surface area contributed by atoms with E-state index in [1.807, 2.05) is 31.2 Å². The van der Waals surface area contributed by atoms with E-state index in [4.69, 9.17) is 5.73 Å². The van der Waals surface area contributed by atoms with E-state index in [1.54, 1.807) is 6.92 Å². The molecular weight excluding hydrogens is 177 g/mol. The van der Waals surface area contributed by atoms with Gasteiger partial charge in [0.1, 0.15) is 6.17 Å². The molecule has 0 spiro atoms. The second-order valence-electron chi connectivity index (χ2n) is 3.78. The highest BCUT2D eigenvalue weighted by molar-refractivity contribution is 5.26. The van der Waals surface area contributed by atoms with E-state index in [0.717, 1.165) is 5.56 Å². The summed E-state index contributed by atoms with van der Waals surface area (Å²) in [6.45, 7) is 4.15. The van der Waals surface area contributed by atoms with Gasteiger partial charge in [0.15, 0.2) is 0 Å². The van der Waals surface area contributed by atoms with Crippen LogP contribution < -0.4 is 5.73 Å². The van der Waals surface area contributed by atoms with Crippen LogP contribution in [0.15, 0.2) is 24.3 Å². The van der Waals surface area contributed by atoms with Gasteiger partial charge in [-0.25, -0.2) is 4.39 Å². The summed E-state index contributed by atoms with van der Waals surface area (Å²) in [5.74, 6) is -0.0556. The Morgan fingerprint density at radius 2 is 2.14 bits per heavy atom. The Kier molecular flexibility index (Phi) is 4.08. The molecular formula is C12H18FN. The van der Waals surface area contributed by atoms with Gasteiger partial charge >= 0.3 is 0 Å². The van der Waals surface area contributed by atoms with E-state index in [0.29, 0.717) is 13.0 Å². The average molecular weight is 195 g/mol. The molecule has 1 aromatic carbocycles. The van der Waals surface area contributed by atoms with Gasteiger partial charge in [-0.2, -0.15) is 0 Å². The van der Waals surface area contributed by atoms with Crippen LogP contribution in [0.4, 0.5) is 4.39 Å². The second-order valence-corrected chi connectivity index (χ2v) is 3.78. The van der Waals surface area contributed by atoms with Crippen molar-refractivity contribution in [2.45, 2.75) is 32.4 Å². The molecule has 0 heterocycles. The molecule has 0 aliphatic heterocycles. The van der Waals surface area contributed by atoms with Crippen molar-refractivity contribution in [1.29, 1.82) is 0 Å². The van der Waals surface area contributed by atoms with Gasteiger partial charge in [-0.05, 0) is 32.4 Å². The maximum Gasteiger partial charge on any atom is 0.104 e. The van der Waals surface area contributed by atoms with Crippen LogP contribution in [0.3, 0.4) is 0 Å². The van der Waals surface area contributed by atoms with Crippen molar-refractivity contribution in [2.75, 3.05) is 6.54 Å². The monoisotopic (exact) mass is 195 g/mol. The summed E-state index contributed by atoms with van der Waals surface area (Å²) in [4.78, 5) is 0. The summed E-state index contributed by atoms with van der Waals surface area (Å²) < 4.78 is 13.3. The van der Waals surface area contributed by atoms with E-state index < -0.39 is 6.17 Å². The molecule has 1 aromatic rings. The Bertz CT molecular complexity index is 283. The highest BCUT2D eigenvalue weighted by Gasteiger charge is 2.17. The summed E-state index contributed by atoms with van der Waals surface area (Å²) >= 11 is 0. The fraction of sp³-hybridized carbons (Fsp3) is 0.500. The zero-order valence-electron chi connectivity index (χ0n) is 8.83. The lowest BCUT2D eigenvalue weighted by atomic mass is 9.91. The molecule has 78 valence electrons. The minimum Gasteiger partial charge on any atom is -0.330 e. The average Bonchev–Trinajstić information content (AvgIpc) is 2.13. The molecule has 0 aliphatic carbocycles.